The number of carbonyl (C=O) groups is 2. The predicted molar refractivity (Wildman–Crippen MR) is 118 cm³/mol. The molecule has 0 saturated heterocycles. The van der Waals surface area contributed by atoms with Crippen molar-refractivity contribution in [1.82, 2.24) is 10.2 Å². The molecule has 0 saturated carbocycles. The summed E-state index contributed by atoms with van der Waals surface area (Å²) in [7, 11) is 0. The Kier molecular flexibility index (Phi) is 7.29. The lowest BCUT2D eigenvalue weighted by atomic mass is 9.97. The number of nitrogens with two attached hydrogens (primary N) is 1. The minimum atomic E-state index is -0.768. The molecule has 0 aliphatic carbocycles. The largest absolute Gasteiger partial charge is 0.386 e. The van der Waals surface area contributed by atoms with Gasteiger partial charge in [-0.2, -0.15) is 0 Å². The van der Waals surface area contributed by atoms with E-state index in [1.54, 1.807) is 29.2 Å². The summed E-state index contributed by atoms with van der Waals surface area (Å²) in [5.74, 6) is -2.42. The molecule has 1 aliphatic heterocycles. The van der Waals surface area contributed by atoms with Gasteiger partial charge in [0.2, 0.25) is 0 Å². The topological polar surface area (TPSA) is 112 Å². The third-order valence-electron chi connectivity index (χ3n) is 5.18. The number of benzene rings is 2. The van der Waals surface area contributed by atoms with Gasteiger partial charge >= 0.3 is 0 Å². The zero-order valence-corrected chi connectivity index (χ0v) is 17.7. The number of nitrogens with one attached hydrogen (secondary N) is 2. The summed E-state index contributed by atoms with van der Waals surface area (Å²) in [6.07, 6.45) is 2.46. The van der Waals surface area contributed by atoms with E-state index in [1.165, 1.54) is 0 Å². The highest BCUT2D eigenvalue weighted by Crippen LogP contribution is 2.30. The second kappa shape index (κ2) is 10.1. The highest BCUT2D eigenvalue weighted by Gasteiger charge is 2.33. The molecule has 1 heterocycles. The van der Waals surface area contributed by atoms with E-state index >= 15 is 0 Å². The summed E-state index contributed by atoms with van der Waals surface area (Å²) in [6, 6.07) is 9.49. The molecule has 2 aromatic rings. The summed E-state index contributed by atoms with van der Waals surface area (Å²) < 4.78 is 27.3. The first-order chi connectivity index (χ1) is 15.3. The molecule has 1 atom stereocenters. The van der Waals surface area contributed by atoms with E-state index in [1.807, 2.05) is 6.92 Å². The Balaban J connectivity index is 1.80. The lowest BCUT2D eigenvalue weighted by Gasteiger charge is -2.28. The van der Waals surface area contributed by atoms with Gasteiger partial charge in [0.15, 0.2) is 0 Å². The van der Waals surface area contributed by atoms with Gasteiger partial charge in [-0.25, -0.2) is 8.78 Å². The van der Waals surface area contributed by atoms with Crippen LogP contribution in [0.2, 0.25) is 0 Å². The van der Waals surface area contributed by atoms with E-state index in [0.717, 1.165) is 36.6 Å². The van der Waals surface area contributed by atoms with Crippen LogP contribution in [0.5, 0.6) is 0 Å². The number of rotatable bonds is 9. The van der Waals surface area contributed by atoms with Gasteiger partial charge in [0.25, 0.3) is 11.8 Å². The molecule has 168 valence electrons. The number of amidine groups is 1. The van der Waals surface area contributed by atoms with E-state index in [4.69, 9.17) is 11.1 Å². The first kappa shape index (κ1) is 23.1. The quantitative estimate of drug-likeness (QED) is 0.410. The van der Waals surface area contributed by atoms with Crippen LogP contribution in [0.3, 0.4) is 0 Å². The molecule has 1 unspecified atom stereocenters. The second-order valence-corrected chi connectivity index (χ2v) is 7.57. The molecule has 0 spiro atoms. The minimum absolute atomic E-state index is 0.0325. The van der Waals surface area contributed by atoms with Crippen molar-refractivity contribution < 1.29 is 18.4 Å². The molecule has 2 amide bonds. The van der Waals surface area contributed by atoms with Crippen molar-refractivity contribution in [3.05, 3.63) is 70.8 Å². The maximum atomic E-state index is 13.6. The van der Waals surface area contributed by atoms with Crippen molar-refractivity contribution in [1.29, 1.82) is 5.41 Å². The molecule has 0 fully saturated rings. The van der Waals surface area contributed by atoms with Gasteiger partial charge in [-0.05, 0) is 36.2 Å². The van der Waals surface area contributed by atoms with Crippen LogP contribution in [-0.4, -0.2) is 41.5 Å². The van der Waals surface area contributed by atoms with E-state index < -0.39 is 11.6 Å². The van der Waals surface area contributed by atoms with Crippen LogP contribution in [0.15, 0.2) is 47.5 Å². The summed E-state index contributed by atoms with van der Waals surface area (Å²) in [5.41, 5.74) is 6.64. The summed E-state index contributed by atoms with van der Waals surface area (Å²) in [6.45, 7) is 2.09. The van der Waals surface area contributed by atoms with Gasteiger partial charge in [0.05, 0.1) is 12.6 Å². The molecule has 4 N–H and O–H groups in total. The average molecular weight is 441 g/mol. The zero-order valence-electron chi connectivity index (χ0n) is 17.7. The Hall–Kier alpha value is -3.62. The number of aliphatic imine (C=N–C) groups is 1. The van der Waals surface area contributed by atoms with Gasteiger partial charge in [0.1, 0.15) is 29.9 Å². The van der Waals surface area contributed by atoms with Gasteiger partial charge in [-0.3, -0.25) is 20.0 Å². The van der Waals surface area contributed by atoms with Crippen LogP contribution >= 0.6 is 0 Å². The maximum absolute atomic E-state index is 13.6. The van der Waals surface area contributed by atoms with Crippen molar-refractivity contribution in [2.75, 3.05) is 13.2 Å². The molecule has 3 rings (SSSR count). The van der Waals surface area contributed by atoms with Crippen LogP contribution in [0, 0.1) is 17.0 Å². The van der Waals surface area contributed by atoms with Crippen LogP contribution in [0.25, 0.3) is 0 Å². The van der Waals surface area contributed by atoms with Crippen molar-refractivity contribution in [3.8, 4) is 0 Å². The molecular weight excluding hydrogens is 416 g/mol. The lowest BCUT2D eigenvalue weighted by Crippen LogP contribution is -2.35. The molecule has 32 heavy (non-hydrogen) atoms. The highest BCUT2D eigenvalue weighted by molar-refractivity contribution is 6.46. The van der Waals surface area contributed by atoms with Crippen LogP contribution in [0.4, 0.5) is 8.78 Å². The molecule has 1 aliphatic rings. The highest BCUT2D eigenvalue weighted by atomic mass is 19.1. The van der Waals surface area contributed by atoms with E-state index in [2.05, 4.69) is 10.3 Å². The van der Waals surface area contributed by atoms with E-state index in [0.29, 0.717) is 12.0 Å². The summed E-state index contributed by atoms with van der Waals surface area (Å²) in [4.78, 5) is 31.1. The van der Waals surface area contributed by atoms with Crippen LogP contribution < -0.4 is 11.1 Å². The van der Waals surface area contributed by atoms with Gasteiger partial charge in [0, 0.05) is 17.2 Å². The number of hydrogen-bond acceptors (Lipinski definition) is 4. The smallest absolute Gasteiger partial charge is 0.274 e. The number of nitrogens with zero attached hydrogens (tertiary/aromatic N) is 2. The fourth-order valence-electron chi connectivity index (χ4n) is 3.59. The molecule has 7 nitrogen and oxygen atoms in total. The summed E-state index contributed by atoms with van der Waals surface area (Å²) in [5, 5.41) is 9.74. The van der Waals surface area contributed by atoms with Gasteiger partial charge < -0.3 is 16.0 Å². The van der Waals surface area contributed by atoms with Crippen molar-refractivity contribution in [3.63, 3.8) is 0 Å². The lowest BCUT2D eigenvalue weighted by molar-refractivity contribution is -0.125. The Morgan fingerprint density at radius 1 is 1.22 bits per heavy atom. The maximum Gasteiger partial charge on any atom is 0.274 e. The van der Waals surface area contributed by atoms with Gasteiger partial charge in [-0.1, -0.05) is 31.9 Å². The third-order valence-corrected chi connectivity index (χ3v) is 5.18. The van der Waals surface area contributed by atoms with Crippen molar-refractivity contribution in [2.45, 2.75) is 32.2 Å². The molecule has 0 radical (unpaired) electrons. The minimum Gasteiger partial charge on any atom is -0.386 e. The standard InChI is InChI=1S/C23H25F2N5O2/c1-2-3-4-19(14-5-7-15(8-6-14)22(31)28-12-20(26)27)30-13-29-21(23(30)32)16-9-17(24)11-18(25)10-16/h5-11,19H,2-4,12-13H2,1H3,(H3,26,27)(H,28,31). The average Bonchev–Trinajstić information content (AvgIpc) is 3.13. The third kappa shape index (κ3) is 5.35. The monoisotopic (exact) mass is 441 g/mol. The van der Waals surface area contributed by atoms with Crippen LogP contribution in [-0.2, 0) is 4.79 Å². The van der Waals surface area contributed by atoms with Gasteiger partial charge in [-0.15, -0.1) is 0 Å². The predicted octanol–water partition coefficient (Wildman–Crippen LogP) is 3.15. The molecule has 0 aromatic heterocycles. The normalized spacial score (nSPS) is 14.3. The first-order valence-corrected chi connectivity index (χ1v) is 10.3. The number of unbranched alkanes of at least 4 members (excludes halogenated alkanes) is 1. The number of carbonyl (C=O) groups excluding carboxylic acids is 2. The van der Waals surface area contributed by atoms with E-state index in [-0.39, 0.29) is 48.2 Å². The number of halogens is 2. The molecule has 0 bridgehead atoms. The second-order valence-electron chi connectivity index (χ2n) is 7.57. The fraction of sp³-hybridized carbons (Fsp3) is 0.304. The molecular formula is C23H25F2N5O2. The van der Waals surface area contributed by atoms with E-state index in [9.17, 15) is 18.4 Å². The fourth-order valence-corrected chi connectivity index (χ4v) is 3.59. The first-order valence-electron chi connectivity index (χ1n) is 10.3. The molecule has 2 aromatic carbocycles. The van der Waals surface area contributed by atoms with Crippen molar-refractivity contribution >= 4 is 23.4 Å². The molecule has 9 heteroatoms. The SMILES string of the molecule is CCCCC(c1ccc(C(=O)NCC(=N)N)cc1)N1CN=C(c2cc(F)cc(F)c2)C1=O. The Morgan fingerprint density at radius 2 is 1.88 bits per heavy atom. The number of amides is 2. The Morgan fingerprint density at radius 3 is 2.47 bits per heavy atom. The Bertz CT molecular complexity index is 1030. The zero-order chi connectivity index (χ0) is 23.3. The van der Waals surface area contributed by atoms with Crippen molar-refractivity contribution in [2.24, 2.45) is 10.7 Å². The summed E-state index contributed by atoms with van der Waals surface area (Å²) >= 11 is 0. The number of hydrogen-bond donors (Lipinski definition) is 3. The van der Waals surface area contributed by atoms with Crippen LogP contribution in [0.1, 0.15) is 53.7 Å². The Labute approximate surface area is 184 Å².